The predicted molar refractivity (Wildman–Crippen MR) is 75.1 cm³/mol. The molecule has 2 N–H and O–H groups in total. The van der Waals surface area contributed by atoms with Crippen LogP contribution in [0.2, 0.25) is 0 Å². The van der Waals surface area contributed by atoms with Crippen molar-refractivity contribution in [1.29, 1.82) is 0 Å². The SMILES string of the molecule is [B]c1cccc(-c2c(C3CCNCC3)cnn2O)c1. The summed E-state index contributed by atoms with van der Waals surface area (Å²) in [7, 11) is 5.82. The molecule has 19 heavy (non-hydrogen) atoms. The van der Waals surface area contributed by atoms with Gasteiger partial charge in [0, 0.05) is 11.1 Å². The van der Waals surface area contributed by atoms with Crippen molar-refractivity contribution >= 4 is 13.3 Å². The summed E-state index contributed by atoms with van der Waals surface area (Å²) in [6.07, 6.45) is 3.91. The zero-order valence-electron chi connectivity index (χ0n) is 10.7. The van der Waals surface area contributed by atoms with Gasteiger partial charge in [-0.2, -0.15) is 0 Å². The van der Waals surface area contributed by atoms with Crippen LogP contribution in [0.1, 0.15) is 24.3 Å². The summed E-state index contributed by atoms with van der Waals surface area (Å²) in [5.41, 5.74) is 3.47. The topological polar surface area (TPSA) is 50.1 Å². The molecule has 2 heterocycles. The van der Waals surface area contributed by atoms with Crippen molar-refractivity contribution in [2.24, 2.45) is 0 Å². The maximum absolute atomic E-state index is 9.96. The summed E-state index contributed by atoms with van der Waals surface area (Å²) in [6, 6.07) is 7.55. The van der Waals surface area contributed by atoms with Gasteiger partial charge in [-0.25, -0.2) is 0 Å². The van der Waals surface area contributed by atoms with E-state index in [1.54, 1.807) is 6.20 Å². The second-order valence-electron chi connectivity index (χ2n) is 4.99. The van der Waals surface area contributed by atoms with Crippen LogP contribution in [0.4, 0.5) is 0 Å². The summed E-state index contributed by atoms with van der Waals surface area (Å²) in [4.78, 5) is 0.964. The van der Waals surface area contributed by atoms with Crippen LogP contribution in [0, 0.1) is 0 Å². The van der Waals surface area contributed by atoms with Gasteiger partial charge in [0.05, 0.1) is 6.20 Å². The number of aromatic nitrogens is 2. The summed E-state index contributed by atoms with van der Waals surface area (Å²) in [5, 5.41) is 17.3. The standard InChI is InChI=1S/C14H16BN3O/c15-12-3-1-2-11(8-12)14-13(9-17-18(14)19)10-4-6-16-7-5-10/h1-3,8-10,16,19H,4-7H2. The number of rotatable bonds is 2. The lowest BCUT2D eigenvalue weighted by Gasteiger charge is -2.22. The van der Waals surface area contributed by atoms with E-state index in [1.807, 2.05) is 24.3 Å². The minimum absolute atomic E-state index is 0.443. The number of nitrogens with zero attached hydrogens (tertiary/aromatic N) is 2. The Bertz CT molecular complexity index is 576. The molecule has 2 radical (unpaired) electrons. The largest absolute Gasteiger partial charge is 0.411 e. The van der Waals surface area contributed by atoms with Crippen LogP contribution in [0.15, 0.2) is 30.5 Å². The normalized spacial score (nSPS) is 16.6. The Balaban J connectivity index is 2.03. The zero-order chi connectivity index (χ0) is 13.2. The van der Waals surface area contributed by atoms with Crippen molar-refractivity contribution in [3.8, 4) is 11.3 Å². The molecule has 1 aromatic heterocycles. The van der Waals surface area contributed by atoms with E-state index in [0.717, 1.165) is 47.6 Å². The highest BCUT2D eigenvalue weighted by atomic mass is 16.5. The average Bonchev–Trinajstić information content (AvgIpc) is 2.82. The van der Waals surface area contributed by atoms with Crippen molar-refractivity contribution in [1.82, 2.24) is 15.3 Å². The van der Waals surface area contributed by atoms with Gasteiger partial charge < -0.3 is 10.5 Å². The van der Waals surface area contributed by atoms with Crippen LogP contribution in [0.25, 0.3) is 11.3 Å². The summed E-state index contributed by atoms with van der Waals surface area (Å²) in [6.45, 7) is 2.02. The van der Waals surface area contributed by atoms with Crippen molar-refractivity contribution in [3.05, 3.63) is 36.0 Å². The van der Waals surface area contributed by atoms with Crippen LogP contribution >= 0.6 is 0 Å². The second-order valence-corrected chi connectivity index (χ2v) is 4.99. The number of benzene rings is 1. The minimum atomic E-state index is 0.443. The van der Waals surface area contributed by atoms with Crippen molar-refractivity contribution in [2.45, 2.75) is 18.8 Å². The molecule has 3 rings (SSSR count). The molecule has 0 saturated carbocycles. The second kappa shape index (κ2) is 5.09. The highest BCUT2D eigenvalue weighted by molar-refractivity contribution is 6.32. The Morgan fingerprint density at radius 3 is 2.84 bits per heavy atom. The van der Waals surface area contributed by atoms with Crippen molar-refractivity contribution in [3.63, 3.8) is 0 Å². The Morgan fingerprint density at radius 2 is 2.11 bits per heavy atom. The molecule has 0 aliphatic carbocycles. The molecule has 5 heteroatoms. The third kappa shape index (κ3) is 2.38. The Morgan fingerprint density at radius 1 is 1.32 bits per heavy atom. The van der Waals surface area contributed by atoms with E-state index >= 15 is 0 Å². The average molecular weight is 253 g/mol. The Labute approximate surface area is 113 Å². The molecule has 0 bridgehead atoms. The molecule has 1 saturated heterocycles. The smallest absolute Gasteiger partial charge is 0.113 e. The maximum atomic E-state index is 9.96. The first-order chi connectivity index (χ1) is 9.25. The molecular formula is C14H16BN3O. The highest BCUT2D eigenvalue weighted by Gasteiger charge is 2.22. The third-order valence-corrected chi connectivity index (χ3v) is 3.72. The van der Waals surface area contributed by atoms with Crippen LogP contribution in [0.3, 0.4) is 0 Å². The Kier molecular flexibility index (Phi) is 3.30. The van der Waals surface area contributed by atoms with E-state index in [1.165, 1.54) is 0 Å². The first kappa shape index (κ1) is 12.3. The molecule has 2 aromatic rings. The van der Waals surface area contributed by atoms with Gasteiger partial charge in [0.15, 0.2) is 0 Å². The van der Waals surface area contributed by atoms with Crippen LogP contribution in [-0.2, 0) is 0 Å². The number of hydrogen-bond acceptors (Lipinski definition) is 3. The lowest BCUT2D eigenvalue weighted by molar-refractivity contribution is 0.153. The van der Waals surface area contributed by atoms with Crippen LogP contribution in [-0.4, -0.2) is 36.1 Å². The first-order valence-corrected chi connectivity index (χ1v) is 6.59. The third-order valence-electron chi connectivity index (χ3n) is 3.72. The van der Waals surface area contributed by atoms with E-state index in [4.69, 9.17) is 7.85 Å². The summed E-state index contributed by atoms with van der Waals surface area (Å²) in [5.74, 6) is 0.443. The molecular weight excluding hydrogens is 237 g/mol. The lowest BCUT2D eigenvalue weighted by atomic mass is 9.87. The van der Waals surface area contributed by atoms with E-state index < -0.39 is 0 Å². The van der Waals surface area contributed by atoms with Gasteiger partial charge in [-0.05, 0) is 31.8 Å². The molecule has 0 atom stereocenters. The fraction of sp³-hybridized carbons (Fsp3) is 0.357. The van der Waals surface area contributed by atoms with E-state index in [2.05, 4.69) is 10.4 Å². The first-order valence-electron chi connectivity index (χ1n) is 6.59. The predicted octanol–water partition coefficient (Wildman–Crippen LogP) is 1.05. The van der Waals surface area contributed by atoms with E-state index in [-0.39, 0.29) is 0 Å². The lowest BCUT2D eigenvalue weighted by Crippen LogP contribution is -2.26. The minimum Gasteiger partial charge on any atom is -0.411 e. The van der Waals surface area contributed by atoms with Gasteiger partial charge in [-0.15, -0.1) is 9.94 Å². The van der Waals surface area contributed by atoms with Gasteiger partial charge in [-0.1, -0.05) is 29.7 Å². The summed E-state index contributed by atoms with van der Waals surface area (Å²) < 4.78 is 0. The quantitative estimate of drug-likeness (QED) is 0.621. The molecule has 96 valence electrons. The van der Waals surface area contributed by atoms with Crippen LogP contribution < -0.4 is 10.8 Å². The van der Waals surface area contributed by atoms with Crippen molar-refractivity contribution < 1.29 is 5.21 Å². The van der Waals surface area contributed by atoms with Gasteiger partial charge in [-0.3, -0.25) is 0 Å². The van der Waals surface area contributed by atoms with Gasteiger partial charge >= 0.3 is 0 Å². The molecule has 4 nitrogen and oxygen atoms in total. The summed E-state index contributed by atoms with van der Waals surface area (Å²) >= 11 is 0. The maximum Gasteiger partial charge on any atom is 0.113 e. The molecule has 1 fully saturated rings. The number of nitrogens with one attached hydrogen (secondary N) is 1. The zero-order valence-corrected chi connectivity index (χ0v) is 10.7. The monoisotopic (exact) mass is 253 g/mol. The molecule has 0 amide bonds. The van der Waals surface area contributed by atoms with Crippen molar-refractivity contribution in [2.75, 3.05) is 13.1 Å². The fourth-order valence-corrected chi connectivity index (χ4v) is 2.75. The molecule has 1 aliphatic heterocycles. The number of piperidine rings is 1. The molecule has 0 spiro atoms. The molecule has 0 unspecified atom stereocenters. The van der Waals surface area contributed by atoms with Crippen LogP contribution in [0.5, 0.6) is 0 Å². The Hall–Kier alpha value is -1.75. The van der Waals surface area contributed by atoms with Gasteiger partial charge in [0.25, 0.3) is 0 Å². The molecule has 1 aliphatic rings. The highest BCUT2D eigenvalue weighted by Crippen LogP contribution is 2.33. The number of hydrogen-bond donors (Lipinski definition) is 2. The fourth-order valence-electron chi connectivity index (χ4n) is 2.75. The molecule has 1 aromatic carbocycles. The van der Waals surface area contributed by atoms with Gasteiger partial charge in [0.1, 0.15) is 13.5 Å². The van der Waals surface area contributed by atoms with E-state index in [0.29, 0.717) is 11.4 Å². The van der Waals surface area contributed by atoms with Gasteiger partial charge in [0.2, 0.25) is 0 Å². The van der Waals surface area contributed by atoms with E-state index in [9.17, 15) is 5.21 Å².